The Hall–Kier alpha value is -3.69. The van der Waals surface area contributed by atoms with Gasteiger partial charge in [0.05, 0.1) is 22.5 Å². The van der Waals surface area contributed by atoms with Crippen molar-refractivity contribution >= 4 is 5.82 Å². The molecule has 28 heavy (non-hydrogen) atoms. The number of hydrogen-bond donors (Lipinski definition) is 2. The van der Waals surface area contributed by atoms with Gasteiger partial charge in [0.25, 0.3) is 0 Å². The fraction of sp³-hybridized carbons (Fsp3) is 0.111. The Morgan fingerprint density at radius 3 is 2.32 bits per heavy atom. The quantitative estimate of drug-likeness (QED) is 0.561. The number of aromatic amines is 1. The van der Waals surface area contributed by atoms with Crippen molar-refractivity contribution in [2.45, 2.75) is 13.1 Å². The van der Waals surface area contributed by atoms with E-state index in [9.17, 15) is 13.2 Å². The lowest BCUT2D eigenvalue weighted by Gasteiger charge is -2.09. The molecule has 10 heteroatoms. The van der Waals surface area contributed by atoms with E-state index in [2.05, 4.69) is 25.7 Å². The van der Waals surface area contributed by atoms with Crippen molar-refractivity contribution < 1.29 is 13.2 Å². The molecule has 0 atom stereocenters. The van der Waals surface area contributed by atoms with Crippen molar-refractivity contribution in [2.75, 3.05) is 5.73 Å². The number of benzene rings is 2. The molecule has 0 saturated heterocycles. The number of aromatic nitrogens is 6. The zero-order valence-electron chi connectivity index (χ0n) is 14.6. The van der Waals surface area contributed by atoms with Crippen LogP contribution in [0.2, 0.25) is 0 Å². The first-order valence-electron chi connectivity index (χ1n) is 8.22. The summed E-state index contributed by atoms with van der Waals surface area (Å²) in [5.74, 6) is 0.461. The largest absolute Gasteiger partial charge is 0.416 e. The maximum Gasteiger partial charge on any atom is 0.416 e. The van der Waals surface area contributed by atoms with E-state index in [0.717, 1.165) is 17.7 Å². The van der Waals surface area contributed by atoms with Crippen molar-refractivity contribution in [1.29, 1.82) is 0 Å². The number of H-pyrrole nitrogens is 1. The molecule has 2 aromatic carbocycles. The molecule has 0 bridgehead atoms. The number of hydrogen-bond acceptors (Lipinski definition) is 5. The van der Waals surface area contributed by atoms with Crippen LogP contribution in [-0.4, -0.2) is 30.4 Å². The number of nitrogens with one attached hydrogen (secondary N) is 1. The van der Waals surface area contributed by atoms with Crippen LogP contribution in [0.15, 0.2) is 48.5 Å². The molecule has 0 fully saturated rings. The molecule has 0 aliphatic heterocycles. The summed E-state index contributed by atoms with van der Waals surface area (Å²) in [6.07, 6.45) is -4.41. The van der Waals surface area contributed by atoms with E-state index in [1.807, 2.05) is 31.2 Å². The second kappa shape index (κ2) is 6.48. The van der Waals surface area contributed by atoms with Gasteiger partial charge in [0.2, 0.25) is 0 Å². The summed E-state index contributed by atoms with van der Waals surface area (Å²) in [5.41, 5.74) is 8.37. The van der Waals surface area contributed by atoms with Gasteiger partial charge in [-0.2, -0.15) is 23.0 Å². The van der Waals surface area contributed by atoms with Gasteiger partial charge in [0.1, 0.15) is 0 Å². The summed E-state index contributed by atoms with van der Waals surface area (Å²) in [7, 11) is 0. The minimum absolute atomic E-state index is 0.137. The summed E-state index contributed by atoms with van der Waals surface area (Å²) in [6.45, 7) is 1.96. The van der Waals surface area contributed by atoms with Crippen LogP contribution in [0.4, 0.5) is 19.0 Å². The molecule has 3 N–H and O–H groups in total. The summed E-state index contributed by atoms with van der Waals surface area (Å²) in [6, 6.07) is 12.2. The molecule has 142 valence electrons. The normalized spacial score (nSPS) is 11.7. The van der Waals surface area contributed by atoms with E-state index in [1.165, 1.54) is 16.8 Å². The van der Waals surface area contributed by atoms with Crippen LogP contribution in [0, 0.1) is 6.92 Å². The Bertz CT molecular complexity index is 1110. The number of aryl methyl sites for hydroxylation is 1. The van der Waals surface area contributed by atoms with E-state index < -0.39 is 11.7 Å². The highest BCUT2D eigenvalue weighted by Crippen LogP contribution is 2.36. The summed E-state index contributed by atoms with van der Waals surface area (Å²) in [5, 5.41) is 18.5. The Kier molecular flexibility index (Phi) is 4.10. The Morgan fingerprint density at radius 2 is 1.68 bits per heavy atom. The number of alkyl halides is 3. The van der Waals surface area contributed by atoms with Gasteiger partial charge in [0.15, 0.2) is 11.6 Å². The molecule has 7 nitrogen and oxygen atoms in total. The Labute approximate surface area is 157 Å². The Morgan fingerprint density at radius 1 is 1.00 bits per heavy atom. The molecule has 2 aromatic heterocycles. The number of nitrogens with two attached hydrogens (primary N) is 1. The second-order valence-electron chi connectivity index (χ2n) is 6.18. The first-order chi connectivity index (χ1) is 13.3. The van der Waals surface area contributed by atoms with Crippen molar-refractivity contribution in [3.8, 4) is 28.3 Å². The fourth-order valence-electron chi connectivity index (χ4n) is 2.82. The first kappa shape index (κ1) is 17.7. The van der Waals surface area contributed by atoms with Crippen LogP contribution >= 0.6 is 0 Å². The standard InChI is InChI=1S/C18H14F3N7/c1-10-2-8-13(9-3-10)28-17(25-26-27-28)14-15(23-24-16(14)22)11-4-6-12(7-5-11)18(19,20)21/h2-9H,1H3,(H3,22,23,24). The molecular weight excluding hydrogens is 371 g/mol. The van der Waals surface area contributed by atoms with Crippen LogP contribution in [0.5, 0.6) is 0 Å². The molecule has 0 aliphatic rings. The number of anilines is 1. The minimum Gasteiger partial charge on any atom is -0.382 e. The first-order valence-corrected chi connectivity index (χ1v) is 8.22. The third-order valence-electron chi connectivity index (χ3n) is 4.27. The van der Waals surface area contributed by atoms with E-state index in [-0.39, 0.29) is 5.82 Å². The third-order valence-corrected chi connectivity index (χ3v) is 4.27. The number of tetrazole rings is 1. The summed E-state index contributed by atoms with van der Waals surface area (Å²) >= 11 is 0. The molecule has 2 heterocycles. The van der Waals surface area contributed by atoms with Gasteiger partial charge in [0, 0.05) is 5.56 Å². The number of nitrogens with zero attached hydrogens (tertiary/aromatic N) is 5. The van der Waals surface area contributed by atoms with Gasteiger partial charge < -0.3 is 5.73 Å². The lowest BCUT2D eigenvalue weighted by Crippen LogP contribution is -2.04. The SMILES string of the molecule is Cc1ccc(-n2nnnc2-c2c(N)n[nH]c2-c2ccc(C(F)(F)F)cc2)cc1. The number of rotatable bonds is 3. The van der Waals surface area contributed by atoms with E-state index in [0.29, 0.717) is 28.3 Å². The summed E-state index contributed by atoms with van der Waals surface area (Å²) < 4.78 is 40.0. The summed E-state index contributed by atoms with van der Waals surface area (Å²) in [4.78, 5) is 0. The average Bonchev–Trinajstić information content (AvgIpc) is 3.28. The maximum absolute atomic E-state index is 12.8. The molecule has 0 spiro atoms. The predicted molar refractivity (Wildman–Crippen MR) is 96.3 cm³/mol. The fourth-order valence-corrected chi connectivity index (χ4v) is 2.82. The minimum atomic E-state index is -4.41. The van der Waals surface area contributed by atoms with Crippen molar-refractivity contribution in [3.05, 3.63) is 59.7 Å². The van der Waals surface area contributed by atoms with Crippen LogP contribution in [0.25, 0.3) is 28.3 Å². The van der Waals surface area contributed by atoms with Crippen LogP contribution in [0.1, 0.15) is 11.1 Å². The third kappa shape index (κ3) is 3.08. The molecule has 0 unspecified atom stereocenters. The van der Waals surface area contributed by atoms with Crippen LogP contribution in [-0.2, 0) is 6.18 Å². The molecule has 4 rings (SSSR count). The van der Waals surface area contributed by atoms with Gasteiger partial charge >= 0.3 is 6.18 Å². The zero-order valence-corrected chi connectivity index (χ0v) is 14.6. The number of nitrogen functional groups attached to an aromatic ring is 1. The lowest BCUT2D eigenvalue weighted by atomic mass is 10.0. The van der Waals surface area contributed by atoms with Crippen LogP contribution < -0.4 is 5.73 Å². The monoisotopic (exact) mass is 385 g/mol. The van der Waals surface area contributed by atoms with Gasteiger partial charge in [-0.1, -0.05) is 29.8 Å². The maximum atomic E-state index is 12.8. The van der Waals surface area contributed by atoms with Gasteiger partial charge in [-0.3, -0.25) is 5.10 Å². The molecule has 0 saturated carbocycles. The van der Waals surface area contributed by atoms with E-state index >= 15 is 0 Å². The lowest BCUT2D eigenvalue weighted by molar-refractivity contribution is -0.137. The van der Waals surface area contributed by atoms with Crippen LogP contribution in [0.3, 0.4) is 0 Å². The van der Waals surface area contributed by atoms with Crippen molar-refractivity contribution in [2.24, 2.45) is 0 Å². The zero-order chi connectivity index (χ0) is 19.9. The average molecular weight is 385 g/mol. The van der Waals surface area contributed by atoms with Crippen molar-refractivity contribution in [1.82, 2.24) is 30.4 Å². The Balaban J connectivity index is 1.81. The topological polar surface area (TPSA) is 98.3 Å². The van der Waals surface area contributed by atoms with Gasteiger partial charge in [-0.15, -0.1) is 5.10 Å². The smallest absolute Gasteiger partial charge is 0.382 e. The molecule has 0 radical (unpaired) electrons. The highest BCUT2D eigenvalue weighted by molar-refractivity contribution is 5.85. The predicted octanol–water partition coefficient (Wildman–Crippen LogP) is 3.63. The van der Waals surface area contributed by atoms with E-state index in [1.54, 1.807) is 0 Å². The van der Waals surface area contributed by atoms with Gasteiger partial charge in [-0.05, 0) is 41.6 Å². The molecule has 0 amide bonds. The van der Waals surface area contributed by atoms with E-state index in [4.69, 9.17) is 5.73 Å². The van der Waals surface area contributed by atoms with Crippen molar-refractivity contribution in [3.63, 3.8) is 0 Å². The van der Waals surface area contributed by atoms with Gasteiger partial charge in [-0.25, -0.2) is 0 Å². The molecular formula is C18H14F3N7. The highest BCUT2D eigenvalue weighted by atomic mass is 19.4. The molecule has 0 aliphatic carbocycles. The second-order valence-corrected chi connectivity index (χ2v) is 6.18. The molecule has 4 aromatic rings. The number of halogens is 3. The highest BCUT2D eigenvalue weighted by Gasteiger charge is 2.30.